The molecule has 2 aromatic heterocycles. The number of carbonyl (C=O) groups is 1. The number of rotatable bonds is 6. The number of likely N-dealkylation sites (tertiary alicyclic amines) is 1. The summed E-state index contributed by atoms with van der Waals surface area (Å²) in [5.41, 5.74) is 0.479. The average molecular weight is 380 g/mol. The highest BCUT2D eigenvalue weighted by molar-refractivity contribution is 6.02. The predicted octanol–water partition coefficient (Wildman–Crippen LogP) is 1.84. The van der Waals surface area contributed by atoms with Crippen LogP contribution in [-0.2, 0) is 11.3 Å². The molecular weight excluding hydrogens is 356 g/mol. The molecule has 0 atom stereocenters. The van der Waals surface area contributed by atoms with Crippen LogP contribution in [0.2, 0.25) is 0 Å². The maximum absolute atomic E-state index is 12.4. The Labute approximate surface area is 163 Å². The Morgan fingerprint density at radius 1 is 1.43 bits per heavy atom. The molecule has 8 nitrogen and oxygen atoms in total. The Hall–Kier alpha value is -3.29. The largest absolute Gasteiger partial charge is 0.338 e. The molecule has 0 spiro atoms. The Balaban J connectivity index is 1.78. The van der Waals surface area contributed by atoms with E-state index in [2.05, 4.69) is 26.9 Å². The van der Waals surface area contributed by atoms with Crippen molar-refractivity contribution < 1.29 is 4.79 Å². The standard InChI is InChI=1S/C20H24N6O2/c1-4-6-16(21-3)23-20-22-11-15-7-8-18(28)26(19(15)24-20)10-9-14-12-25(13-14)17(27)5-2/h4-8,11,14H,2,9-10,12-13H2,1,3H3,(H,21,22,23,24)/b6-4-. The van der Waals surface area contributed by atoms with Crippen LogP contribution in [0.1, 0.15) is 13.3 Å². The number of anilines is 1. The molecule has 3 heterocycles. The topological polar surface area (TPSA) is 92.5 Å². The summed E-state index contributed by atoms with van der Waals surface area (Å²) in [7, 11) is 1.68. The molecule has 28 heavy (non-hydrogen) atoms. The monoisotopic (exact) mass is 380 g/mol. The van der Waals surface area contributed by atoms with Gasteiger partial charge in [0.1, 0.15) is 11.5 Å². The van der Waals surface area contributed by atoms with Gasteiger partial charge >= 0.3 is 0 Å². The Morgan fingerprint density at radius 3 is 2.89 bits per heavy atom. The van der Waals surface area contributed by atoms with E-state index in [1.165, 1.54) is 12.1 Å². The molecule has 1 saturated heterocycles. The number of aromatic nitrogens is 3. The molecule has 1 amide bonds. The molecule has 3 rings (SSSR count). The van der Waals surface area contributed by atoms with E-state index in [1.54, 1.807) is 28.8 Å². The van der Waals surface area contributed by atoms with Crippen molar-refractivity contribution in [3.05, 3.63) is 53.5 Å². The van der Waals surface area contributed by atoms with Crippen LogP contribution in [0.5, 0.6) is 0 Å². The first-order valence-electron chi connectivity index (χ1n) is 9.20. The fourth-order valence-corrected chi connectivity index (χ4v) is 3.17. The second-order valence-corrected chi connectivity index (χ2v) is 6.63. The first-order valence-corrected chi connectivity index (χ1v) is 9.20. The van der Waals surface area contributed by atoms with Gasteiger partial charge in [0, 0.05) is 44.3 Å². The van der Waals surface area contributed by atoms with Gasteiger partial charge in [0.15, 0.2) is 0 Å². The number of pyridine rings is 1. The molecule has 0 unspecified atom stereocenters. The average Bonchev–Trinajstić information content (AvgIpc) is 2.67. The normalized spacial score (nSPS) is 15.1. The number of carbonyl (C=O) groups excluding carboxylic acids is 1. The maximum atomic E-state index is 12.4. The number of amidine groups is 1. The van der Waals surface area contributed by atoms with Crippen LogP contribution in [-0.4, -0.2) is 51.3 Å². The van der Waals surface area contributed by atoms with E-state index in [0.29, 0.717) is 43.0 Å². The summed E-state index contributed by atoms with van der Waals surface area (Å²) < 4.78 is 1.67. The molecule has 0 aliphatic carbocycles. The summed E-state index contributed by atoms with van der Waals surface area (Å²) in [4.78, 5) is 38.7. The number of aliphatic imine (C=N–C) groups is 1. The summed E-state index contributed by atoms with van der Waals surface area (Å²) in [6.45, 7) is 7.34. The molecule has 2 aromatic rings. The molecule has 1 aliphatic rings. The molecule has 0 aromatic carbocycles. The minimum Gasteiger partial charge on any atom is -0.338 e. The van der Waals surface area contributed by atoms with E-state index in [0.717, 1.165) is 11.8 Å². The van der Waals surface area contributed by atoms with Gasteiger partial charge < -0.3 is 10.2 Å². The van der Waals surface area contributed by atoms with Crippen LogP contribution in [0.15, 0.2) is 52.9 Å². The Morgan fingerprint density at radius 2 is 2.21 bits per heavy atom. The number of hydrogen-bond donors (Lipinski definition) is 1. The van der Waals surface area contributed by atoms with E-state index in [1.807, 2.05) is 19.1 Å². The lowest BCUT2D eigenvalue weighted by molar-refractivity contribution is -0.132. The quantitative estimate of drug-likeness (QED) is 0.469. The predicted molar refractivity (Wildman–Crippen MR) is 110 cm³/mol. The minimum absolute atomic E-state index is 0.0449. The zero-order valence-electron chi connectivity index (χ0n) is 16.1. The summed E-state index contributed by atoms with van der Waals surface area (Å²) in [6.07, 6.45) is 7.51. The molecular formula is C20H24N6O2. The van der Waals surface area contributed by atoms with E-state index >= 15 is 0 Å². The van der Waals surface area contributed by atoms with E-state index in [-0.39, 0.29) is 11.5 Å². The number of nitrogens with zero attached hydrogens (tertiary/aromatic N) is 5. The third kappa shape index (κ3) is 4.16. The molecule has 8 heteroatoms. The van der Waals surface area contributed by atoms with Gasteiger partial charge in [-0.15, -0.1) is 0 Å². The second-order valence-electron chi connectivity index (χ2n) is 6.63. The van der Waals surface area contributed by atoms with Gasteiger partial charge in [0.25, 0.3) is 5.56 Å². The van der Waals surface area contributed by atoms with Gasteiger partial charge in [-0.2, -0.15) is 4.98 Å². The van der Waals surface area contributed by atoms with E-state index in [4.69, 9.17) is 0 Å². The van der Waals surface area contributed by atoms with Gasteiger partial charge in [-0.3, -0.25) is 19.1 Å². The zero-order chi connectivity index (χ0) is 20.1. The van der Waals surface area contributed by atoms with Gasteiger partial charge in [-0.05, 0) is 37.5 Å². The lowest BCUT2D eigenvalue weighted by Crippen LogP contribution is -2.49. The molecule has 146 valence electrons. The summed E-state index contributed by atoms with van der Waals surface area (Å²) in [6, 6.07) is 3.26. The fraction of sp³-hybridized carbons (Fsp3) is 0.350. The Kier molecular flexibility index (Phi) is 5.98. The molecule has 1 fully saturated rings. The summed E-state index contributed by atoms with van der Waals surface area (Å²) in [5, 5.41) is 3.85. The third-order valence-electron chi connectivity index (χ3n) is 4.73. The lowest BCUT2D eigenvalue weighted by Gasteiger charge is -2.38. The van der Waals surface area contributed by atoms with Crippen LogP contribution < -0.4 is 10.9 Å². The number of nitrogens with one attached hydrogen (secondary N) is 1. The zero-order valence-corrected chi connectivity index (χ0v) is 16.1. The lowest BCUT2D eigenvalue weighted by atomic mass is 9.96. The van der Waals surface area contributed by atoms with Crippen LogP contribution in [0.25, 0.3) is 11.0 Å². The van der Waals surface area contributed by atoms with Crippen molar-refractivity contribution in [2.75, 3.05) is 25.5 Å². The Bertz CT molecular complexity index is 1000. The fourth-order valence-electron chi connectivity index (χ4n) is 3.17. The molecule has 0 saturated carbocycles. The molecule has 0 bridgehead atoms. The third-order valence-corrected chi connectivity index (χ3v) is 4.73. The van der Waals surface area contributed by atoms with Crippen molar-refractivity contribution >= 4 is 28.7 Å². The van der Waals surface area contributed by atoms with E-state index < -0.39 is 0 Å². The van der Waals surface area contributed by atoms with Crippen LogP contribution >= 0.6 is 0 Å². The van der Waals surface area contributed by atoms with Crippen molar-refractivity contribution in [3.8, 4) is 0 Å². The number of allylic oxidation sites excluding steroid dienone is 1. The van der Waals surface area contributed by atoms with Crippen LogP contribution in [0, 0.1) is 5.92 Å². The highest BCUT2D eigenvalue weighted by Gasteiger charge is 2.28. The second kappa shape index (κ2) is 8.60. The first kappa shape index (κ1) is 19.5. The van der Waals surface area contributed by atoms with Crippen LogP contribution in [0.4, 0.5) is 5.95 Å². The maximum Gasteiger partial charge on any atom is 0.252 e. The molecule has 1 aliphatic heterocycles. The number of aryl methyl sites for hydroxylation is 1. The first-order chi connectivity index (χ1) is 13.5. The molecule has 1 N–H and O–H groups in total. The summed E-state index contributed by atoms with van der Waals surface area (Å²) >= 11 is 0. The van der Waals surface area contributed by atoms with Crippen molar-refractivity contribution in [1.29, 1.82) is 0 Å². The van der Waals surface area contributed by atoms with Gasteiger partial charge in [-0.25, -0.2) is 4.98 Å². The van der Waals surface area contributed by atoms with Crippen molar-refractivity contribution in [1.82, 2.24) is 19.4 Å². The summed E-state index contributed by atoms with van der Waals surface area (Å²) in [5.74, 6) is 1.35. The SMILES string of the molecule is C=CC(=O)N1CC(CCn2c(=O)ccc3cnc(NC(/C=C\C)=NC)nc32)C1. The van der Waals surface area contributed by atoms with Gasteiger partial charge in [0.05, 0.1) is 0 Å². The number of fused-ring (bicyclic) bond motifs is 1. The smallest absolute Gasteiger partial charge is 0.252 e. The van der Waals surface area contributed by atoms with Crippen molar-refractivity contribution in [2.24, 2.45) is 10.9 Å². The van der Waals surface area contributed by atoms with Crippen molar-refractivity contribution in [2.45, 2.75) is 19.9 Å². The highest BCUT2D eigenvalue weighted by Crippen LogP contribution is 2.20. The van der Waals surface area contributed by atoms with Gasteiger partial charge in [0.2, 0.25) is 11.9 Å². The van der Waals surface area contributed by atoms with Crippen molar-refractivity contribution in [3.63, 3.8) is 0 Å². The number of amides is 1. The number of hydrogen-bond acceptors (Lipinski definition) is 5. The van der Waals surface area contributed by atoms with E-state index in [9.17, 15) is 9.59 Å². The van der Waals surface area contributed by atoms with Gasteiger partial charge in [-0.1, -0.05) is 12.7 Å². The van der Waals surface area contributed by atoms with Crippen LogP contribution in [0.3, 0.4) is 0 Å². The minimum atomic E-state index is -0.103. The highest BCUT2D eigenvalue weighted by atomic mass is 16.2. The molecule has 0 radical (unpaired) electrons.